The van der Waals surface area contributed by atoms with E-state index in [1.54, 1.807) is 0 Å². The van der Waals surface area contributed by atoms with Crippen LogP contribution in [0.4, 0.5) is 4.39 Å². The summed E-state index contributed by atoms with van der Waals surface area (Å²) in [5.41, 5.74) is 0. The van der Waals surface area contributed by atoms with E-state index in [2.05, 4.69) is 10.2 Å². The summed E-state index contributed by atoms with van der Waals surface area (Å²) < 4.78 is 12.0. The van der Waals surface area contributed by atoms with Gasteiger partial charge in [0, 0.05) is 6.07 Å². The van der Waals surface area contributed by atoms with Gasteiger partial charge >= 0.3 is 0 Å². The molecule has 0 unspecified atom stereocenters. The van der Waals surface area contributed by atoms with Crippen LogP contribution in [0.25, 0.3) is 0 Å². The Hall–Kier alpha value is -0.700. The topological polar surface area (TPSA) is 25.8 Å². The van der Waals surface area contributed by atoms with Gasteiger partial charge in [0.1, 0.15) is 5.82 Å². The summed E-state index contributed by atoms with van der Waals surface area (Å²) in [5.74, 6) is -0.468. The van der Waals surface area contributed by atoms with E-state index in [9.17, 15) is 4.39 Å². The van der Waals surface area contributed by atoms with Crippen molar-refractivity contribution in [1.29, 1.82) is 0 Å². The van der Waals surface area contributed by atoms with Crippen molar-refractivity contribution in [2.24, 2.45) is 0 Å². The second kappa shape index (κ2) is 2.05. The molecular weight excluding hydrogens is 131 g/mol. The monoisotopic (exact) mass is 132 g/mol. The molecule has 42 valence electrons. The molecule has 0 radical (unpaired) electrons. The Morgan fingerprint density at radius 1 is 1.62 bits per heavy atom. The SMILES string of the molecule is Fc1cnnc(Cl)c1. The van der Waals surface area contributed by atoms with E-state index >= 15 is 0 Å². The first-order valence-electron chi connectivity index (χ1n) is 1.93. The van der Waals surface area contributed by atoms with Gasteiger partial charge in [0.25, 0.3) is 0 Å². The molecule has 2 nitrogen and oxygen atoms in total. The lowest BCUT2D eigenvalue weighted by atomic mass is 10.6. The quantitative estimate of drug-likeness (QED) is 0.531. The normalized spacial score (nSPS) is 9.25. The predicted molar refractivity (Wildman–Crippen MR) is 27.0 cm³/mol. The molecule has 0 aliphatic carbocycles. The zero-order valence-corrected chi connectivity index (χ0v) is 4.56. The van der Waals surface area contributed by atoms with Gasteiger partial charge in [0.05, 0.1) is 6.20 Å². The standard InChI is InChI=1S/C4H2ClFN2/c5-4-1-3(6)2-7-8-4/h1-2H. The maximum Gasteiger partial charge on any atom is 0.154 e. The molecule has 0 amide bonds. The van der Waals surface area contributed by atoms with Crippen molar-refractivity contribution in [2.45, 2.75) is 0 Å². The van der Waals surface area contributed by atoms with Crippen molar-refractivity contribution in [1.82, 2.24) is 10.2 Å². The van der Waals surface area contributed by atoms with E-state index in [0.717, 1.165) is 12.3 Å². The van der Waals surface area contributed by atoms with Crippen molar-refractivity contribution in [2.75, 3.05) is 0 Å². The van der Waals surface area contributed by atoms with Crippen LogP contribution in [-0.4, -0.2) is 10.2 Å². The Kier molecular flexibility index (Phi) is 1.39. The van der Waals surface area contributed by atoms with Crippen LogP contribution in [0.15, 0.2) is 12.3 Å². The fourth-order valence-corrected chi connectivity index (χ4v) is 0.467. The molecule has 8 heavy (non-hydrogen) atoms. The van der Waals surface area contributed by atoms with Gasteiger partial charge < -0.3 is 0 Å². The summed E-state index contributed by atoms with van der Waals surface area (Å²) in [6, 6.07) is 1.09. The fourth-order valence-electron chi connectivity index (χ4n) is 0.319. The molecule has 0 saturated heterocycles. The highest BCUT2D eigenvalue weighted by atomic mass is 35.5. The Labute approximate surface area is 50.3 Å². The van der Waals surface area contributed by atoms with E-state index in [-0.39, 0.29) is 5.15 Å². The van der Waals surface area contributed by atoms with E-state index < -0.39 is 5.82 Å². The molecule has 0 saturated carbocycles. The van der Waals surface area contributed by atoms with Crippen LogP contribution < -0.4 is 0 Å². The number of hydrogen-bond acceptors (Lipinski definition) is 2. The molecule has 1 rings (SSSR count). The Balaban J connectivity index is 3.08. The zero-order valence-electron chi connectivity index (χ0n) is 3.81. The van der Waals surface area contributed by atoms with Crippen LogP contribution in [0.1, 0.15) is 0 Å². The molecule has 1 aromatic rings. The number of halogens is 2. The summed E-state index contributed by atoms with van der Waals surface area (Å²) in [7, 11) is 0. The van der Waals surface area contributed by atoms with Gasteiger partial charge in [0.2, 0.25) is 0 Å². The van der Waals surface area contributed by atoms with E-state index in [1.807, 2.05) is 0 Å². The van der Waals surface area contributed by atoms with Crippen LogP contribution in [0.5, 0.6) is 0 Å². The number of rotatable bonds is 0. The highest BCUT2D eigenvalue weighted by Gasteiger charge is 1.89. The average Bonchev–Trinajstić information content (AvgIpc) is 1.64. The largest absolute Gasteiger partial charge is 0.205 e. The smallest absolute Gasteiger partial charge is 0.154 e. The van der Waals surface area contributed by atoms with Crippen molar-refractivity contribution in [3.8, 4) is 0 Å². The lowest BCUT2D eigenvalue weighted by Crippen LogP contribution is -1.81. The molecular formula is C4H2ClFN2. The molecule has 0 spiro atoms. The first kappa shape index (κ1) is 5.44. The lowest BCUT2D eigenvalue weighted by Gasteiger charge is -1.83. The van der Waals surface area contributed by atoms with Gasteiger partial charge in [-0.05, 0) is 0 Å². The molecule has 1 heterocycles. The first-order valence-corrected chi connectivity index (χ1v) is 2.30. The summed E-state index contributed by atoms with van der Waals surface area (Å²) in [6.07, 6.45) is 0.992. The Morgan fingerprint density at radius 3 is 2.75 bits per heavy atom. The third-order valence-corrected chi connectivity index (χ3v) is 0.776. The third-order valence-electron chi connectivity index (χ3n) is 0.591. The molecule has 0 bridgehead atoms. The number of hydrogen-bond donors (Lipinski definition) is 0. The average molecular weight is 133 g/mol. The van der Waals surface area contributed by atoms with Crippen LogP contribution >= 0.6 is 11.6 Å². The lowest BCUT2D eigenvalue weighted by molar-refractivity contribution is 0.615. The molecule has 0 N–H and O–H groups in total. The maximum absolute atomic E-state index is 12.0. The van der Waals surface area contributed by atoms with Crippen molar-refractivity contribution in [3.05, 3.63) is 23.2 Å². The van der Waals surface area contributed by atoms with Crippen molar-refractivity contribution >= 4 is 11.6 Å². The van der Waals surface area contributed by atoms with Crippen LogP contribution in [0, 0.1) is 5.82 Å². The van der Waals surface area contributed by atoms with Crippen LogP contribution in [0.2, 0.25) is 5.15 Å². The number of aromatic nitrogens is 2. The summed E-state index contributed by atoms with van der Waals surface area (Å²) in [4.78, 5) is 0. The van der Waals surface area contributed by atoms with Gasteiger partial charge in [-0.3, -0.25) is 0 Å². The minimum absolute atomic E-state index is 0.0741. The van der Waals surface area contributed by atoms with E-state index in [4.69, 9.17) is 11.6 Å². The predicted octanol–water partition coefficient (Wildman–Crippen LogP) is 1.27. The van der Waals surface area contributed by atoms with E-state index in [0.29, 0.717) is 0 Å². The van der Waals surface area contributed by atoms with Crippen LogP contribution in [-0.2, 0) is 0 Å². The highest BCUT2D eigenvalue weighted by molar-refractivity contribution is 6.29. The molecule has 0 aliphatic rings. The molecule has 0 fully saturated rings. The van der Waals surface area contributed by atoms with Gasteiger partial charge in [-0.25, -0.2) is 4.39 Å². The Morgan fingerprint density at radius 2 is 2.38 bits per heavy atom. The summed E-state index contributed by atoms with van der Waals surface area (Å²) in [6.45, 7) is 0. The minimum Gasteiger partial charge on any atom is -0.205 e. The van der Waals surface area contributed by atoms with Crippen LogP contribution in [0.3, 0.4) is 0 Å². The molecule has 0 aromatic carbocycles. The summed E-state index contributed by atoms with van der Waals surface area (Å²) in [5, 5.41) is 6.62. The summed E-state index contributed by atoms with van der Waals surface area (Å²) >= 11 is 5.23. The highest BCUT2D eigenvalue weighted by Crippen LogP contribution is 2.01. The molecule has 0 atom stereocenters. The van der Waals surface area contributed by atoms with Gasteiger partial charge in [-0.2, -0.15) is 5.10 Å². The maximum atomic E-state index is 12.0. The van der Waals surface area contributed by atoms with Gasteiger partial charge in [-0.15, -0.1) is 5.10 Å². The molecule has 1 aromatic heterocycles. The zero-order chi connectivity index (χ0) is 5.98. The third kappa shape index (κ3) is 1.13. The van der Waals surface area contributed by atoms with Crippen molar-refractivity contribution < 1.29 is 4.39 Å². The van der Waals surface area contributed by atoms with Gasteiger partial charge in [-0.1, -0.05) is 11.6 Å². The fraction of sp³-hybridized carbons (Fsp3) is 0. The number of nitrogens with zero attached hydrogens (tertiary/aromatic N) is 2. The van der Waals surface area contributed by atoms with Gasteiger partial charge in [0.15, 0.2) is 5.15 Å². The second-order valence-electron chi connectivity index (χ2n) is 1.20. The van der Waals surface area contributed by atoms with E-state index in [1.165, 1.54) is 0 Å². The molecule has 4 heteroatoms. The molecule has 0 aliphatic heterocycles. The first-order chi connectivity index (χ1) is 3.79. The minimum atomic E-state index is -0.468. The Bertz CT molecular complexity index is 174. The second-order valence-corrected chi connectivity index (χ2v) is 1.58. The van der Waals surface area contributed by atoms with Crippen molar-refractivity contribution in [3.63, 3.8) is 0 Å².